The molecule has 1 amide bonds. The third kappa shape index (κ3) is 5.00. The van der Waals surface area contributed by atoms with Gasteiger partial charge in [-0.25, -0.2) is 0 Å². The van der Waals surface area contributed by atoms with E-state index < -0.39 is 4.92 Å². The number of hydrogen-bond acceptors (Lipinski definition) is 5. The van der Waals surface area contributed by atoms with Crippen LogP contribution in [0.15, 0.2) is 28.9 Å². The van der Waals surface area contributed by atoms with Gasteiger partial charge in [0.25, 0.3) is 0 Å². The summed E-state index contributed by atoms with van der Waals surface area (Å²) in [5.74, 6) is 0.0742. The maximum Gasteiger partial charge on any atom is 0.312 e. The number of nitro groups is 1. The summed E-state index contributed by atoms with van der Waals surface area (Å²) in [5, 5.41) is 23.4. The summed E-state index contributed by atoms with van der Waals surface area (Å²) in [7, 11) is 0. The first-order valence-corrected chi connectivity index (χ1v) is 10.4. The Hall–Kier alpha value is -2.43. The molecule has 0 fully saturated rings. The van der Waals surface area contributed by atoms with Gasteiger partial charge in [0.05, 0.1) is 22.5 Å². The monoisotopic (exact) mass is 514 g/mol. The average Bonchev–Trinajstić information content (AvgIpc) is 3.14. The van der Waals surface area contributed by atoms with E-state index in [1.165, 1.54) is 4.68 Å². The molecule has 3 rings (SSSR count). The van der Waals surface area contributed by atoms with Crippen LogP contribution in [-0.2, 0) is 17.9 Å². The van der Waals surface area contributed by atoms with E-state index in [0.717, 1.165) is 5.56 Å². The maximum atomic E-state index is 12.3. The Kier molecular flexibility index (Phi) is 6.79. The fourth-order valence-electron chi connectivity index (χ4n) is 2.96. The van der Waals surface area contributed by atoms with Gasteiger partial charge < -0.3 is 5.32 Å². The Labute approximate surface area is 190 Å². The summed E-state index contributed by atoms with van der Waals surface area (Å²) < 4.78 is 3.71. The third-order valence-electron chi connectivity index (χ3n) is 4.40. The lowest BCUT2D eigenvalue weighted by Gasteiger charge is -2.06. The minimum atomic E-state index is -0.467. The number of halogens is 3. The van der Waals surface area contributed by atoms with Crippen molar-refractivity contribution in [2.45, 2.75) is 33.4 Å². The van der Waals surface area contributed by atoms with Gasteiger partial charge in [-0.15, -0.1) is 0 Å². The molecule has 0 spiro atoms. The van der Waals surface area contributed by atoms with Crippen molar-refractivity contribution in [1.82, 2.24) is 19.6 Å². The number of anilines is 1. The van der Waals surface area contributed by atoms with Gasteiger partial charge in [-0.1, -0.05) is 29.3 Å². The van der Waals surface area contributed by atoms with Crippen molar-refractivity contribution in [3.63, 3.8) is 0 Å². The summed E-state index contributed by atoms with van der Waals surface area (Å²) in [4.78, 5) is 23.0. The van der Waals surface area contributed by atoms with Crippen molar-refractivity contribution in [3.05, 3.63) is 66.0 Å². The molecule has 30 heavy (non-hydrogen) atoms. The summed E-state index contributed by atoms with van der Waals surface area (Å²) in [6.07, 6.45) is 1.81. The number of amides is 1. The van der Waals surface area contributed by atoms with Crippen molar-refractivity contribution in [2.75, 3.05) is 5.32 Å². The van der Waals surface area contributed by atoms with E-state index in [1.54, 1.807) is 36.9 Å². The van der Waals surface area contributed by atoms with Gasteiger partial charge in [0.1, 0.15) is 11.4 Å². The van der Waals surface area contributed by atoms with Crippen molar-refractivity contribution in [1.29, 1.82) is 0 Å². The second-order valence-corrected chi connectivity index (χ2v) is 8.25. The van der Waals surface area contributed by atoms with E-state index in [2.05, 4.69) is 31.4 Å². The van der Waals surface area contributed by atoms with Gasteiger partial charge in [-0.05, 0) is 47.5 Å². The Morgan fingerprint density at radius 2 is 2.03 bits per heavy atom. The zero-order chi connectivity index (χ0) is 22.0. The predicted molar refractivity (Wildman–Crippen MR) is 117 cm³/mol. The van der Waals surface area contributed by atoms with Gasteiger partial charge in [0.15, 0.2) is 5.82 Å². The van der Waals surface area contributed by atoms with Crippen LogP contribution in [0.3, 0.4) is 0 Å². The maximum absolute atomic E-state index is 12.3. The van der Waals surface area contributed by atoms with Crippen LogP contribution in [0.25, 0.3) is 0 Å². The molecule has 9 nitrogen and oxygen atoms in total. The van der Waals surface area contributed by atoms with E-state index >= 15 is 0 Å². The summed E-state index contributed by atoms with van der Waals surface area (Å²) in [5.41, 5.74) is 1.54. The SMILES string of the molecule is Cc1nn(CCC(=O)Nc2nn(Cc3ccc(Cl)cc3Cl)cc2Br)c(C)c1[N+](=O)[O-]. The predicted octanol–water partition coefficient (Wildman–Crippen LogP) is 4.75. The smallest absolute Gasteiger partial charge is 0.308 e. The molecule has 0 aliphatic carbocycles. The largest absolute Gasteiger partial charge is 0.312 e. The molecule has 0 radical (unpaired) electrons. The molecule has 12 heteroatoms. The van der Waals surface area contributed by atoms with Crippen LogP contribution in [0.1, 0.15) is 23.4 Å². The molecule has 2 heterocycles. The minimum Gasteiger partial charge on any atom is -0.308 e. The first-order chi connectivity index (χ1) is 14.2. The summed E-state index contributed by atoms with van der Waals surface area (Å²) >= 11 is 15.5. The van der Waals surface area contributed by atoms with Crippen LogP contribution in [0, 0.1) is 24.0 Å². The highest BCUT2D eigenvalue weighted by Gasteiger charge is 2.22. The molecular weight excluding hydrogens is 499 g/mol. The lowest BCUT2D eigenvalue weighted by molar-refractivity contribution is -0.386. The average molecular weight is 516 g/mol. The summed E-state index contributed by atoms with van der Waals surface area (Å²) in [6, 6.07) is 5.21. The molecule has 158 valence electrons. The van der Waals surface area contributed by atoms with Crippen LogP contribution in [0.5, 0.6) is 0 Å². The highest BCUT2D eigenvalue weighted by Crippen LogP contribution is 2.25. The molecule has 0 saturated carbocycles. The molecule has 0 unspecified atom stereocenters. The highest BCUT2D eigenvalue weighted by atomic mass is 79.9. The molecule has 1 N–H and O–H groups in total. The van der Waals surface area contributed by atoms with Gasteiger partial charge in [0.2, 0.25) is 5.91 Å². The third-order valence-corrected chi connectivity index (χ3v) is 5.57. The minimum absolute atomic E-state index is 0.0299. The van der Waals surface area contributed by atoms with E-state index in [1.807, 2.05) is 6.07 Å². The van der Waals surface area contributed by atoms with Crippen LogP contribution in [0.4, 0.5) is 11.5 Å². The topological polar surface area (TPSA) is 108 Å². The zero-order valence-corrected chi connectivity index (χ0v) is 19.1. The molecule has 1 aromatic carbocycles. The number of carbonyl (C=O) groups excluding carboxylic acids is 1. The molecule has 3 aromatic rings. The lowest BCUT2D eigenvalue weighted by Crippen LogP contribution is -2.16. The van der Waals surface area contributed by atoms with Gasteiger partial charge in [-0.2, -0.15) is 10.2 Å². The van der Waals surface area contributed by atoms with Crippen molar-refractivity contribution >= 4 is 56.5 Å². The van der Waals surface area contributed by atoms with Crippen molar-refractivity contribution < 1.29 is 9.72 Å². The van der Waals surface area contributed by atoms with Gasteiger partial charge >= 0.3 is 5.69 Å². The Morgan fingerprint density at radius 3 is 2.67 bits per heavy atom. The number of nitrogens with one attached hydrogen (secondary N) is 1. The van der Waals surface area contributed by atoms with Gasteiger partial charge in [0, 0.05) is 22.7 Å². The zero-order valence-electron chi connectivity index (χ0n) is 16.0. The van der Waals surface area contributed by atoms with Crippen LogP contribution < -0.4 is 5.32 Å². The van der Waals surface area contributed by atoms with Crippen molar-refractivity contribution in [3.8, 4) is 0 Å². The first-order valence-electron chi connectivity index (χ1n) is 8.81. The second-order valence-electron chi connectivity index (χ2n) is 6.56. The fraction of sp³-hybridized carbons (Fsp3) is 0.278. The first kappa shape index (κ1) is 22.3. The van der Waals surface area contributed by atoms with E-state index in [0.29, 0.717) is 38.3 Å². The van der Waals surface area contributed by atoms with Crippen molar-refractivity contribution in [2.24, 2.45) is 0 Å². The Morgan fingerprint density at radius 1 is 1.30 bits per heavy atom. The van der Waals surface area contributed by atoms with Crippen LogP contribution in [-0.4, -0.2) is 30.4 Å². The molecule has 0 aliphatic heterocycles. The molecule has 0 atom stereocenters. The molecule has 0 aliphatic rings. The van der Waals surface area contributed by atoms with Gasteiger partial charge in [-0.3, -0.25) is 24.3 Å². The quantitative estimate of drug-likeness (QED) is 0.360. The normalized spacial score (nSPS) is 11.0. The van der Waals surface area contributed by atoms with Crippen LogP contribution in [0.2, 0.25) is 10.0 Å². The number of benzene rings is 1. The van der Waals surface area contributed by atoms with Crippen LogP contribution >= 0.6 is 39.1 Å². The lowest BCUT2D eigenvalue weighted by atomic mass is 10.2. The Bertz CT molecular complexity index is 1130. The standard InChI is InChI=1S/C18H17BrCl2N6O3/c1-10-17(27(29)30)11(2)26(23-10)6-5-16(28)22-18-14(19)9-25(24-18)8-12-3-4-13(20)7-15(12)21/h3-4,7,9H,5-6,8H2,1-2H3,(H,22,24,28). The highest BCUT2D eigenvalue weighted by molar-refractivity contribution is 9.10. The van der Waals surface area contributed by atoms with E-state index in [-0.39, 0.29) is 24.6 Å². The summed E-state index contributed by atoms with van der Waals surface area (Å²) in [6.45, 7) is 3.79. The van der Waals surface area contributed by atoms with E-state index in [9.17, 15) is 14.9 Å². The number of rotatable bonds is 7. The number of carbonyl (C=O) groups is 1. The molecule has 0 saturated heterocycles. The van der Waals surface area contributed by atoms with E-state index in [4.69, 9.17) is 23.2 Å². The molecule has 0 bridgehead atoms. The fourth-order valence-corrected chi connectivity index (χ4v) is 3.84. The molecule has 2 aromatic heterocycles. The number of aryl methyl sites for hydroxylation is 2. The Balaban J connectivity index is 1.63. The molecular formula is C18H17BrCl2N6O3. The number of nitrogens with zero attached hydrogens (tertiary/aromatic N) is 5. The number of aromatic nitrogens is 4. The number of hydrogen-bond donors (Lipinski definition) is 1. The second kappa shape index (κ2) is 9.15.